The van der Waals surface area contributed by atoms with E-state index in [4.69, 9.17) is 19.0 Å². The van der Waals surface area contributed by atoms with Gasteiger partial charge >= 0.3 is 5.97 Å². The molecular weight excluding hydrogens is 256 g/mol. The molecule has 2 heterocycles. The van der Waals surface area contributed by atoms with Crippen LogP contribution in [0.5, 0.6) is 0 Å². The monoisotopic (exact) mass is 272 g/mol. The average Bonchev–Trinajstić information content (AvgIpc) is 2.97. The van der Waals surface area contributed by atoms with Gasteiger partial charge in [0.1, 0.15) is 36.4 Å². The summed E-state index contributed by atoms with van der Waals surface area (Å²) in [6.07, 6.45) is -3.03. The highest BCUT2D eigenvalue weighted by atomic mass is 16.6. The lowest BCUT2D eigenvalue weighted by Crippen LogP contribution is -2.32. The summed E-state index contributed by atoms with van der Waals surface area (Å²) in [5.41, 5.74) is 0.203. The number of esters is 1. The van der Waals surface area contributed by atoms with Gasteiger partial charge in [-0.15, -0.1) is 0 Å². The van der Waals surface area contributed by atoms with Crippen molar-refractivity contribution in [2.24, 2.45) is 0 Å². The maximum absolute atomic E-state index is 11.5. The van der Waals surface area contributed by atoms with E-state index in [1.807, 2.05) is 0 Å². The largest absolute Gasteiger partial charge is 0.466 e. The molecule has 1 saturated heterocycles. The van der Waals surface area contributed by atoms with Crippen LogP contribution in [-0.2, 0) is 9.47 Å². The minimum absolute atomic E-state index is 0.200. The van der Waals surface area contributed by atoms with Crippen LogP contribution in [-0.4, -0.2) is 52.8 Å². The summed E-state index contributed by atoms with van der Waals surface area (Å²) in [6, 6.07) is 1.39. The van der Waals surface area contributed by atoms with Crippen molar-refractivity contribution in [2.75, 3.05) is 13.2 Å². The molecule has 0 amide bonds. The molecule has 7 heteroatoms. The fourth-order valence-electron chi connectivity index (χ4n) is 1.96. The minimum atomic E-state index is -1.22. The SMILES string of the molecule is CCOC(=O)c1coc([C@@H]2O[C@H](CO)[C@@H](O)[C@H]2O)c1. The molecule has 1 aromatic heterocycles. The summed E-state index contributed by atoms with van der Waals surface area (Å²) in [4.78, 5) is 11.5. The van der Waals surface area contributed by atoms with E-state index in [1.54, 1.807) is 6.92 Å². The first-order chi connectivity index (χ1) is 9.08. The van der Waals surface area contributed by atoms with Gasteiger partial charge in [0.25, 0.3) is 0 Å². The molecule has 0 radical (unpaired) electrons. The van der Waals surface area contributed by atoms with Gasteiger partial charge < -0.3 is 29.2 Å². The molecule has 1 fully saturated rings. The predicted molar refractivity (Wildman–Crippen MR) is 61.4 cm³/mol. The van der Waals surface area contributed by atoms with E-state index in [-0.39, 0.29) is 17.9 Å². The Morgan fingerprint density at radius 2 is 2.16 bits per heavy atom. The maximum Gasteiger partial charge on any atom is 0.341 e. The first-order valence-corrected chi connectivity index (χ1v) is 5.96. The summed E-state index contributed by atoms with van der Waals surface area (Å²) in [5, 5.41) is 28.4. The second-order valence-corrected chi connectivity index (χ2v) is 4.22. The van der Waals surface area contributed by atoms with Gasteiger partial charge in [-0.1, -0.05) is 0 Å². The van der Waals surface area contributed by atoms with Gasteiger partial charge in [0.2, 0.25) is 0 Å². The Hall–Kier alpha value is -1.41. The number of carbonyl (C=O) groups is 1. The Kier molecular flexibility index (Phi) is 4.20. The van der Waals surface area contributed by atoms with Crippen LogP contribution in [0.15, 0.2) is 16.7 Å². The number of rotatable bonds is 4. The van der Waals surface area contributed by atoms with Gasteiger partial charge in [-0.25, -0.2) is 4.79 Å². The molecule has 4 atom stereocenters. The summed E-state index contributed by atoms with van der Waals surface area (Å²) in [5.74, 6) is -0.338. The highest BCUT2D eigenvalue weighted by molar-refractivity contribution is 5.89. The van der Waals surface area contributed by atoms with Gasteiger partial charge in [0.05, 0.1) is 18.8 Å². The molecule has 2 rings (SSSR count). The van der Waals surface area contributed by atoms with Gasteiger partial charge in [0, 0.05) is 0 Å². The lowest BCUT2D eigenvalue weighted by molar-refractivity contribution is -0.0290. The minimum Gasteiger partial charge on any atom is -0.466 e. The van der Waals surface area contributed by atoms with Crippen LogP contribution in [0.4, 0.5) is 0 Å². The van der Waals surface area contributed by atoms with E-state index < -0.39 is 37.0 Å². The third-order valence-corrected chi connectivity index (χ3v) is 2.95. The van der Waals surface area contributed by atoms with Crippen molar-refractivity contribution in [1.82, 2.24) is 0 Å². The average molecular weight is 272 g/mol. The zero-order valence-electron chi connectivity index (χ0n) is 10.4. The second kappa shape index (κ2) is 5.70. The number of aliphatic hydroxyl groups excluding tert-OH is 3. The lowest BCUT2D eigenvalue weighted by atomic mass is 10.1. The fraction of sp³-hybridized carbons (Fsp3) is 0.583. The van der Waals surface area contributed by atoms with Crippen molar-refractivity contribution in [3.8, 4) is 0 Å². The quantitative estimate of drug-likeness (QED) is 0.640. The van der Waals surface area contributed by atoms with E-state index in [0.717, 1.165) is 0 Å². The topological polar surface area (TPSA) is 109 Å². The molecule has 1 aromatic rings. The predicted octanol–water partition coefficient (Wildman–Crippen LogP) is -0.390. The molecule has 3 N–H and O–H groups in total. The Morgan fingerprint density at radius 1 is 1.42 bits per heavy atom. The molecule has 1 aliphatic heterocycles. The molecule has 0 saturated carbocycles. The standard InChI is InChI=1S/C12H16O7/c1-2-17-12(16)6-3-7(18-5-6)11-10(15)9(14)8(4-13)19-11/h3,5,8-11,13-15H,2,4H2,1H3/t8-,9-,10-,11+/m1/s1. The zero-order valence-corrected chi connectivity index (χ0v) is 10.4. The first-order valence-electron chi connectivity index (χ1n) is 5.96. The van der Waals surface area contributed by atoms with Gasteiger partial charge in [-0.2, -0.15) is 0 Å². The molecule has 7 nitrogen and oxygen atoms in total. The first kappa shape index (κ1) is 14.0. The molecular formula is C12H16O7. The van der Waals surface area contributed by atoms with Gasteiger partial charge in [-0.3, -0.25) is 0 Å². The summed E-state index contributed by atoms with van der Waals surface area (Å²) in [6.45, 7) is 1.51. The van der Waals surface area contributed by atoms with Crippen LogP contribution in [0.3, 0.4) is 0 Å². The number of aliphatic hydroxyl groups is 3. The van der Waals surface area contributed by atoms with Crippen LogP contribution < -0.4 is 0 Å². The van der Waals surface area contributed by atoms with Crippen molar-refractivity contribution >= 4 is 5.97 Å². The number of hydrogen-bond donors (Lipinski definition) is 3. The van der Waals surface area contributed by atoms with Crippen LogP contribution in [0.25, 0.3) is 0 Å². The lowest BCUT2D eigenvalue weighted by Gasteiger charge is -2.11. The zero-order chi connectivity index (χ0) is 14.0. The maximum atomic E-state index is 11.5. The van der Waals surface area contributed by atoms with E-state index in [1.165, 1.54) is 12.3 Å². The van der Waals surface area contributed by atoms with E-state index in [9.17, 15) is 15.0 Å². The van der Waals surface area contributed by atoms with Crippen LogP contribution in [0, 0.1) is 0 Å². The van der Waals surface area contributed by atoms with Crippen molar-refractivity contribution in [2.45, 2.75) is 31.3 Å². The number of ether oxygens (including phenoxy) is 2. The van der Waals surface area contributed by atoms with Crippen molar-refractivity contribution in [3.63, 3.8) is 0 Å². The van der Waals surface area contributed by atoms with Gasteiger partial charge in [-0.05, 0) is 13.0 Å². The molecule has 0 bridgehead atoms. The Bertz CT molecular complexity index is 441. The van der Waals surface area contributed by atoms with Crippen LogP contribution in [0.1, 0.15) is 29.1 Å². The molecule has 1 aliphatic rings. The molecule has 106 valence electrons. The highest BCUT2D eigenvalue weighted by Gasteiger charge is 2.44. The van der Waals surface area contributed by atoms with Crippen molar-refractivity contribution in [1.29, 1.82) is 0 Å². The van der Waals surface area contributed by atoms with Gasteiger partial charge in [0.15, 0.2) is 0 Å². The number of furan rings is 1. The Morgan fingerprint density at radius 3 is 2.74 bits per heavy atom. The third kappa shape index (κ3) is 2.64. The second-order valence-electron chi connectivity index (χ2n) is 4.22. The summed E-state index contributed by atoms with van der Waals surface area (Å²) in [7, 11) is 0. The summed E-state index contributed by atoms with van der Waals surface area (Å²) < 4.78 is 15.2. The normalized spacial score (nSPS) is 30.5. The molecule has 0 spiro atoms. The van der Waals surface area contributed by atoms with Crippen LogP contribution >= 0.6 is 0 Å². The van der Waals surface area contributed by atoms with Crippen molar-refractivity contribution < 1.29 is 34.0 Å². The Balaban J connectivity index is 2.13. The molecule has 19 heavy (non-hydrogen) atoms. The smallest absolute Gasteiger partial charge is 0.341 e. The highest BCUT2D eigenvalue weighted by Crippen LogP contribution is 2.34. The summed E-state index contributed by atoms with van der Waals surface area (Å²) >= 11 is 0. The molecule has 0 unspecified atom stereocenters. The van der Waals surface area contributed by atoms with E-state index in [0.29, 0.717) is 0 Å². The number of hydrogen-bond acceptors (Lipinski definition) is 7. The molecule has 0 aliphatic carbocycles. The van der Waals surface area contributed by atoms with Crippen molar-refractivity contribution in [3.05, 3.63) is 23.7 Å². The van der Waals surface area contributed by atoms with E-state index >= 15 is 0 Å². The van der Waals surface area contributed by atoms with E-state index in [2.05, 4.69) is 0 Å². The Labute approximate surface area is 109 Å². The number of carbonyl (C=O) groups excluding carboxylic acids is 1. The third-order valence-electron chi connectivity index (χ3n) is 2.95. The molecule has 0 aromatic carbocycles. The van der Waals surface area contributed by atoms with Crippen LogP contribution in [0.2, 0.25) is 0 Å². The fourth-order valence-corrected chi connectivity index (χ4v) is 1.96.